The number of aryl methyl sites for hydroxylation is 1. The molecule has 0 aliphatic heterocycles. The van der Waals surface area contributed by atoms with Crippen LogP contribution in [0.2, 0.25) is 0 Å². The van der Waals surface area contributed by atoms with Gasteiger partial charge in [-0.1, -0.05) is 0 Å². The van der Waals surface area contributed by atoms with Crippen molar-refractivity contribution in [3.63, 3.8) is 0 Å². The quantitative estimate of drug-likeness (QED) is 0.896. The number of benzene rings is 1. The van der Waals surface area contributed by atoms with Crippen LogP contribution in [-0.2, 0) is 12.7 Å². The van der Waals surface area contributed by atoms with Gasteiger partial charge in [-0.3, -0.25) is 0 Å². The van der Waals surface area contributed by atoms with Crippen LogP contribution in [0.3, 0.4) is 0 Å². The van der Waals surface area contributed by atoms with Gasteiger partial charge in [0.05, 0.1) is 17.4 Å². The van der Waals surface area contributed by atoms with Crippen LogP contribution in [0.15, 0.2) is 30.6 Å². The number of halogens is 3. The van der Waals surface area contributed by atoms with Gasteiger partial charge in [0.2, 0.25) is 0 Å². The van der Waals surface area contributed by atoms with Gasteiger partial charge in [0.15, 0.2) is 0 Å². The molecule has 2 rings (SSSR count). The van der Waals surface area contributed by atoms with Crippen LogP contribution >= 0.6 is 0 Å². The fourth-order valence-corrected chi connectivity index (χ4v) is 1.72. The molecule has 0 radical (unpaired) electrons. The Bertz CT molecular complexity index is 558. The van der Waals surface area contributed by atoms with E-state index in [-0.39, 0.29) is 12.1 Å². The first kappa shape index (κ1) is 12.6. The van der Waals surface area contributed by atoms with Crippen molar-refractivity contribution in [2.75, 3.05) is 0 Å². The maximum absolute atomic E-state index is 12.7. The van der Waals surface area contributed by atoms with Gasteiger partial charge in [-0.2, -0.15) is 18.3 Å². The maximum Gasteiger partial charge on any atom is 0.416 e. The second-order valence-corrected chi connectivity index (χ2v) is 4.01. The van der Waals surface area contributed by atoms with Gasteiger partial charge in [-0.25, -0.2) is 4.68 Å². The lowest BCUT2D eigenvalue weighted by atomic mass is 10.1. The van der Waals surface area contributed by atoms with Gasteiger partial charge in [-0.15, -0.1) is 0 Å². The third kappa shape index (κ3) is 2.38. The molecule has 18 heavy (non-hydrogen) atoms. The molecule has 0 aliphatic carbocycles. The molecule has 6 heteroatoms. The number of nitrogens with two attached hydrogens (primary N) is 1. The minimum atomic E-state index is -4.38. The van der Waals surface area contributed by atoms with Crippen molar-refractivity contribution in [2.45, 2.75) is 19.6 Å². The second kappa shape index (κ2) is 4.45. The van der Waals surface area contributed by atoms with E-state index in [1.54, 1.807) is 12.4 Å². The van der Waals surface area contributed by atoms with Crippen molar-refractivity contribution in [3.05, 3.63) is 47.3 Å². The van der Waals surface area contributed by atoms with Crippen LogP contribution in [0.5, 0.6) is 0 Å². The van der Waals surface area contributed by atoms with E-state index in [1.807, 2.05) is 6.92 Å². The summed E-state index contributed by atoms with van der Waals surface area (Å²) in [6, 6.07) is 3.83. The van der Waals surface area contributed by atoms with Gasteiger partial charge >= 0.3 is 6.18 Å². The summed E-state index contributed by atoms with van der Waals surface area (Å²) in [6.45, 7) is 1.69. The monoisotopic (exact) mass is 255 g/mol. The molecular weight excluding hydrogens is 243 g/mol. The van der Waals surface area contributed by atoms with Crippen LogP contribution < -0.4 is 5.73 Å². The summed E-state index contributed by atoms with van der Waals surface area (Å²) in [7, 11) is 0. The SMILES string of the molecule is Cc1cnn(-c2ccc(C(F)(F)F)c(CN)c2)c1. The smallest absolute Gasteiger partial charge is 0.326 e. The molecule has 0 spiro atoms. The molecule has 3 nitrogen and oxygen atoms in total. The zero-order chi connectivity index (χ0) is 13.3. The van der Waals surface area contributed by atoms with E-state index in [0.29, 0.717) is 5.69 Å². The number of nitrogens with zero attached hydrogens (tertiary/aromatic N) is 2. The normalized spacial score (nSPS) is 11.8. The average Bonchev–Trinajstić information content (AvgIpc) is 2.74. The summed E-state index contributed by atoms with van der Waals surface area (Å²) in [5.74, 6) is 0. The standard InChI is InChI=1S/C12H12F3N3/c1-8-6-17-18(7-8)10-2-3-11(12(13,14)15)9(4-10)5-16/h2-4,6-7H,5,16H2,1H3. The Morgan fingerprint density at radius 2 is 2.06 bits per heavy atom. The van der Waals surface area contributed by atoms with Crippen molar-refractivity contribution in [1.29, 1.82) is 0 Å². The Balaban J connectivity index is 2.48. The molecule has 1 heterocycles. The molecule has 0 aliphatic rings. The molecule has 2 aromatic rings. The predicted octanol–water partition coefficient (Wildman–Crippen LogP) is 2.66. The molecule has 0 unspecified atom stereocenters. The van der Waals surface area contributed by atoms with E-state index in [1.165, 1.54) is 16.8 Å². The van der Waals surface area contributed by atoms with Crippen molar-refractivity contribution in [1.82, 2.24) is 9.78 Å². The summed E-state index contributed by atoms with van der Waals surface area (Å²) in [5.41, 5.74) is 6.24. The third-order valence-electron chi connectivity index (χ3n) is 2.59. The molecule has 2 N–H and O–H groups in total. The lowest BCUT2D eigenvalue weighted by Gasteiger charge is -2.13. The van der Waals surface area contributed by atoms with Gasteiger partial charge in [0, 0.05) is 12.7 Å². The number of hydrogen-bond donors (Lipinski definition) is 1. The van der Waals surface area contributed by atoms with E-state index in [4.69, 9.17) is 5.73 Å². The molecule has 0 atom stereocenters. The van der Waals surface area contributed by atoms with Crippen molar-refractivity contribution >= 4 is 0 Å². The second-order valence-electron chi connectivity index (χ2n) is 4.01. The van der Waals surface area contributed by atoms with Crippen molar-refractivity contribution in [3.8, 4) is 5.69 Å². The van der Waals surface area contributed by atoms with Crippen LogP contribution in [0.25, 0.3) is 5.69 Å². The molecule has 0 saturated heterocycles. The molecule has 0 saturated carbocycles. The van der Waals surface area contributed by atoms with E-state index in [0.717, 1.165) is 11.6 Å². The lowest BCUT2D eigenvalue weighted by Crippen LogP contribution is -2.12. The van der Waals surface area contributed by atoms with Crippen molar-refractivity contribution < 1.29 is 13.2 Å². The molecule has 0 amide bonds. The van der Waals surface area contributed by atoms with E-state index in [9.17, 15) is 13.2 Å². The van der Waals surface area contributed by atoms with Crippen LogP contribution in [0, 0.1) is 6.92 Å². The van der Waals surface area contributed by atoms with Gasteiger partial charge in [0.1, 0.15) is 0 Å². The highest BCUT2D eigenvalue weighted by molar-refractivity contribution is 5.41. The molecule has 0 fully saturated rings. The molecule has 1 aromatic carbocycles. The Morgan fingerprint density at radius 3 is 2.56 bits per heavy atom. The zero-order valence-corrected chi connectivity index (χ0v) is 9.70. The summed E-state index contributed by atoms with van der Waals surface area (Å²) < 4.78 is 39.6. The zero-order valence-electron chi connectivity index (χ0n) is 9.70. The number of hydrogen-bond acceptors (Lipinski definition) is 2. The van der Waals surface area contributed by atoms with E-state index >= 15 is 0 Å². The minimum Gasteiger partial charge on any atom is -0.326 e. The van der Waals surface area contributed by atoms with E-state index < -0.39 is 11.7 Å². The first-order valence-electron chi connectivity index (χ1n) is 5.33. The highest BCUT2D eigenvalue weighted by atomic mass is 19.4. The Labute approximate surface area is 102 Å². The number of alkyl halides is 3. The van der Waals surface area contributed by atoms with Crippen LogP contribution in [-0.4, -0.2) is 9.78 Å². The summed E-state index contributed by atoms with van der Waals surface area (Å²) in [5, 5.41) is 4.05. The molecule has 1 aromatic heterocycles. The Morgan fingerprint density at radius 1 is 1.33 bits per heavy atom. The fraction of sp³-hybridized carbons (Fsp3) is 0.250. The fourth-order valence-electron chi connectivity index (χ4n) is 1.72. The highest BCUT2D eigenvalue weighted by Crippen LogP contribution is 2.32. The highest BCUT2D eigenvalue weighted by Gasteiger charge is 2.32. The van der Waals surface area contributed by atoms with Crippen molar-refractivity contribution in [2.24, 2.45) is 5.73 Å². The van der Waals surface area contributed by atoms with Gasteiger partial charge in [0.25, 0.3) is 0 Å². The van der Waals surface area contributed by atoms with Crippen LogP contribution in [0.4, 0.5) is 13.2 Å². The maximum atomic E-state index is 12.7. The molecule has 0 bridgehead atoms. The summed E-state index contributed by atoms with van der Waals surface area (Å²) in [4.78, 5) is 0. The minimum absolute atomic E-state index is 0.0631. The number of rotatable bonds is 2. The first-order valence-corrected chi connectivity index (χ1v) is 5.33. The average molecular weight is 255 g/mol. The lowest BCUT2D eigenvalue weighted by molar-refractivity contribution is -0.138. The van der Waals surface area contributed by atoms with E-state index in [2.05, 4.69) is 5.10 Å². The largest absolute Gasteiger partial charge is 0.416 e. The van der Waals surface area contributed by atoms with Gasteiger partial charge < -0.3 is 5.73 Å². The van der Waals surface area contributed by atoms with Crippen LogP contribution in [0.1, 0.15) is 16.7 Å². The molecular formula is C12H12F3N3. The summed E-state index contributed by atoms with van der Waals surface area (Å²) >= 11 is 0. The Hall–Kier alpha value is -1.82. The third-order valence-corrected chi connectivity index (χ3v) is 2.59. The van der Waals surface area contributed by atoms with Gasteiger partial charge in [-0.05, 0) is 36.2 Å². The summed E-state index contributed by atoms with van der Waals surface area (Å²) in [6.07, 6.45) is -1.00. The number of aromatic nitrogens is 2. The predicted molar refractivity (Wildman–Crippen MR) is 61.2 cm³/mol. The molecule has 96 valence electrons. The Kier molecular flexibility index (Phi) is 3.13. The first-order chi connectivity index (χ1) is 8.41. The topological polar surface area (TPSA) is 43.8 Å².